The van der Waals surface area contributed by atoms with Crippen LogP contribution < -0.4 is 5.32 Å². The molecule has 150 valence electrons. The Morgan fingerprint density at radius 2 is 1.61 bits per heavy atom. The van der Waals surface area contributed by atoms with Gasteiger partial charge in [-0.2, -0.15) is 0 Å². The summed E-state index contributed by atoms with van der Waals surface area (Å²) < 4.78 is 14.2. The lowest BCUT2D eigenvalue weighted by molar-refractivity contribution is -0.130. The number of hydrogen-bond donors (Lipinski definition) is 1. The smallest absolute Gasteiger partial charge is 0.240 e. The molecule has 2 heterocycles. The maximum Gasteiger partial charge on any atom is 0.240 e. The molecule has 2 aromatic rings. The van der Waals surface area contributed by atoms with Gasteiger partial charge in [-0.15, -0.1) is 24.2 Å². The van der Waals surface area contributed by atoms with Gasteiger partial charge in [0.15, 0.2) is 0 Å². The van der Waals surface area contributed by atoms with Crippen molar-refractivity contribution < 1.29 is 9.18 Å². The number of halogens is 2. The Morgan fingerprint density at radius 3 is 2.25 bits per heavy atom. The SMILES string of the molecule is Cl.O=C(C(Sc1ccccc1F)c1ccccc1)N1CC[C@@H]2CNC[C@@H]2CC1. The number of hydrogen-bond acceptors (Lipinski definition) is 3. The fourth-order valence-electron chi connectivity index (χ4n) is 4.16. The minimum absolute atomic E-state index is 0. The summed E-state index contributed by atoms with van der Waals surface area (Å²) >= 11 is 1.32. The first-order chi connectivity index (χ1) is 13.2. The van der Waals surface area contributed by atoms with Gasteiger partial charge in [0, 0.05) is 18.0 Å². The average molecular weight is 421 g/mol. The summed E-state index contributed by atoms with van der Waals surface area (Å²) in [6.07, 6.45) is 2.10. The molecule has 0 aliphatic carbocycles. The lowest BCUT2D eigenvalue weighted by Gasteiger charge is -2.26. The van der Waals surface area contributed by atoms with Crippen LogP contribution in [0, 0.1) is 17.7 Å². The van der Waals surface area contributed by atoms with E-state index in [2.05, 4.69) is 5.32 Å². The lowest BCUT2D eigenvalue weighted by atomic mass is 9.92. The van der Waals surface area contributed by atoms with E-state index in [-0.39, 0.29) is 24.1 Å². The highest BCUT2D eigenvalue weighted by molar-refractivity contribution is 8.00. The summed E-state index contributed by atoms with van der Waals surface area (Å²) in [7, 11) is 0. The molecule has 2 fully saturated rings. The van der Waals surface area contributed by atoms with Gasteiger partial charge in [-0.05, 0) is 55.5 Å². The molecule has 0 saturated carbocycles. The van der Waals surface area contributed by atoms with Gasteiger partial charge in [0.1, 0.15) is 11.1 Å². The third-order valence-electron chi connectivity index (χ3n) is 5.74. The first-order valence-corrected chi connectivity index (χ1v) is 10.6. The van der Waals surface area contributed by atoms with E-state index in [1.165, 1.54) is 17.8 Å². The predicted molar refractivity (Wildman–Crippen MR) is 114 cm³/mol. The molecule has 0 spiro atoms. The largest absolute Gasteiger partial charge is 0.341 e. The van der Waals surface area contributed by atoms with Crippen LogP contribution in [0.4, 0.5) is 4.39 Å². The summed E-state index contributed by atoms with van der Waals surface area (Å²) in [5, 5.41) is 3.06. The van der Waals surface area contributed by atoms with E-state index in [1.807, 2.05) is 41.3 Å². The number of thioether (sulfide) groups is 1. The van der Waals surface area contributed by atoms with Crippen LogP contribution in [0.5, 0.6) is 0 Å². The maximum absolute atomic E-state index is 14.2. The summed E-state index contributed by atoms with van der Waals surface area (Å²) in [6.45, 7) is 3.73. The van der Waals surface area contributed by atoms with Crippen LogP contribution >= 0.6 is 24.2 Å². The topological polar surface area (TPSA) is 32.3 Å². The molecule has 1 unspecified atom stereocenters. The first-order valence-electron chi connectivity index (χ1n) is 9.68. The van der Waals surface area contributed by atoms with E-state index in [0.29, 0.717) is 16.7 Å². The highest BCUT2D eigenvalue weighted by Gasteiger charge is 2.34. The molecule has 2 aliphatic rings. The molecular weight excluding hydrogens is 395 g/mol. The van der Waals surface area contributed by atoms with E-state index >= 15 is 0 Å². The zero-order chi connectivity index (χ0) is 18.6. The molecule has 3 nitrogen and oxygen atoms in total. The number of amides is 1. The maximum atomic E-state index is 14.2. The number of nitrogens with one attached hydrogen (secondary N) is 1. The third-order valence-corrected chi connectivity index (χ3v) is 7.03. The van der Waals surface area contributed by atoms with E-state index in [1.54, 1.807) is 12.1 Å². The number of rotatable bonds is 4. The standard InChI is InChI=1S/C22H25FN2OS.ClH/c23-19-8-4-5-9-20(19)27-21(16-6-2-1-3-7-16)22(26)25-12-10-17-14-24-15-18(17)11-13-25;/h1-9,17-18,21,24H,10-15H2;1H/t17-,18+,21?;. The van der Waals surface area contributed by atoms with Crippen molar-refractivity contribution in [1.82, 2.24) is 10.2 Å². The number of nitrogens with zero attached hydrogens (tertiary/aromatic N) is 1. The van der Waals surface area contributed by atoms with Gasteiger partial charge >= 0.3 is 0 Å². The van der Waals surface area contributed by atoms with E-state index in [9.17, 15) is 9.18 Å². The van der Waals surface area contributed by atoms with E-state index in [4.69, 9.17) is 0 Å². The van der Waals surface area contributed by atoms with Crippen molar-refractivity contribution in [3.8, 4) is 0 Å². The highest BCUT2D eigenvalue weighted by Crippen LogP contribution is 2.39. The lowest BCUT2D eigenvalue weighted by Crippen LogP contribution is -2.35. The Bertz CT molecular complexity index is 777. The van der Waals surface area contributed by atoms with Crippen LogP contribution in [0.3, 0.4) is 0 Å². The minimum Gasteiger partial charge on any atom is -0.341 e. The zero-order valence-electron chi connectivity index (χ0n) is 15.7. The Hall–Kier alpha value is -1.56. The second-order valence-electron chi connectivity index (χ2n) is 7.42. The molecule has 1 amide bonds. The monoisotopic (exact) mass is 420 g/mol. The number of carbonyl (C=O) groups is 1. The molecule has 0 radical (unpaired) electrons. The Labute approximate surface area is 176 Å². The molecule has 6 heteroatoms. The van der Waals surface area contributed by atoms with Crippen molar-refractivity contribution in [3.05, 3.63) is 66.0 Å². The summed E-state index contributed by atoms with van der Waals surface area (Å²) in [5.74, 6) is 1.18. The second-order valence-corrected chi connectivity index (χ2v) is 8.57. The van der Waals surface area contributed by atoms with Crippen molar-refractivity contribution in [3.63, 3.8) is 0 Å². The van der Waals surface area contributed by atoms with E-state index < -0.39 is 5.25 Å². The van der Waals surface area contributed by atoms with Gasteiger partial charge in [0.05, 0.1) is 0 Å². The van der Waals surface area contributed by atoms with Crippen LogP contribution in [0.2, 0.25) is 0 Å². The third kappa shape index (κ3) is 4.70. The van der Waals surface area contributed by atoms with Crippen LogP contribution in [-0.4, -0.2) is 37.0 Å². The quantitative estimate of drug-likeness (QED) is 0.737. The minimum atomic E-state index is -0.417. The Balaban J connectivity index is 0.00000225. The van der Waals surface area contributed by atoms with Gasteiger partial charge in [-0.25, -0.2) is 4.39 Å². The zero-order valence-corrected chi connectivity index (χ0v) is 17.4. The summed E-state index contributed by atoms with van der Waals surface area (Å²) in [5.41, 5.74) is 0.932. The number of benzene rings is 2. The van der Waals surface area contributed by atoms with Crippen molar-refractivity contribution >= 4 is 30.1 Å². The Morgan fingerprint density at radius 1 is 1.00 bits per heavy atom. The fraction of sp³-hybridized carbons (Fsp3) is 0.409. The molecule has 2 aliphatic heterocycles. The number of fused-ring (bicyclic) bond motifs is 1. The normalized spacial score (nSPS) is 22.7. The van der Waals surface area contributed by atoms with Gasteiger partial charge in [0.25, 0.3) is 0 Å². The summed E-state index contributed by atoms with van der Waals surface area (Å²) in [6, 6.07) is 16.5. The van der Waals surface area contributed by atoms with Crippen molar-refractivity contribution in [2.24, 2.45) is 11.8 Å². The Kier molecular flexibility index (Phi) is 7.38. The van der Waals surface area contributed by atoms with Crippen molar-refractivity contribution in [2.75, 3.05) is 26.2 Å². The highest BCUT2D eigenvalue weighted by atomic mass is 35.5. The van der Waals surface area contributed by atoms with Crippen LogP contribution in [-0.2, 0) is 4.79 Å². The predicted octanol–water partition coefficient (Wildman–Crippen LogP) is 4.54. The molecule has 28 heavy (non-hydrogen) atoms. The number of likely N-dealkylation sites (tertiary alicyclic amines) is 1. The van der Waals surface area contributed by atoms with Gasteiger partial charge in [-0.3, -0.25) is 4.79 Å². The molecule has 0 aromatic heterocycles. The molecule has 2 aromatic carbocycles. The summed E-state index contributed by atoms with van der Waals surface area (Å²) in [4.78, 5) is 16.0. The average Bonchev–Trinajstić information content (AvgIpc) is 3.06. The van der Waals surface area contributed by atoms with Crippen molar-refractivity contribution in [2.45, 2.75) is 23.0 Å². The van der Waals surface area contributed by atoms with E-state index in [0.717, 1.165) is 44.6 Å². The molecule has 1 N–H and O–H groups in total. The van der Waals surface area contributed by atoms with Crippen LogP contribution in [0.1, 0.15) is 23.7 Å². The molecule has 2 saturated heterocycles. The van der Waals surface area contributed by atoms with Crippen molar-refractivity contribution in [1.29, 1.82) is 0 Å². The molecular formula is C22H26ClFN2OS. The first kappa shape index (κ1) is 21.2. The van der Waals surface area contributed by atoms with Gasteiger partial charge in [-0.1, -0.05) is 42.5 Å². The number of carbonyl (C=O) groups excluding carboxylic acids is 1. The second kappa shape index (κ2) is 9.77. The van der Waals surface area contributed by atoms with Crippen LogP contribution in [0.15, 0.2) is 59.5 Å². The molecule has 4 rings (SSSR count). The van der Waals surface area contributed by atoms with Gasteiger partial charge < -0.3 is 10.2 Å². The fourth-order valence-corrected chi connectivity index (χ4v) is 5.30. The van der Waals surface area contributed by atoms with Gasteiger partial charge in [0.2, 0.25) is 5.91 Å². The van der Waals surface area contributed by atoms with Crippen LogP contribution in [0.25, 0.3) is 0 Å². The molecule has 0 bridgehead atoms. The molecule has 3 atom stereocenters.